The van der Waals surface area contributed by atoms with Crippen molar-refractivity contribution in [2.45, 2.75) is 18.7 Å². The fraction of sp³-hybridized carbons (Fsp3) is 0.333. The average molecular weight is 562 g/mol. The van der Waals surface area contributed by atoms with Gasteiger partial charge in [0.2, 0.25) is 0 Å². The Morgan fingerprint density at radius 3 is 2.39 bits per heavy atom. The largest absolute Gasteiger partial charge is 0.420 e. The summed E-state index contributed by atoms with van der Waals surface area (Å²) >= 11 is 5.81. The third kappa shape index (κ3) is 6.00. The zero-order valence-corrected chi connectivity index (χ0v) is 21.1. The van der Waals surface area contributed by atoms with Crippen molar-refractivity contribution in [3.63, 3.8) is 0 Å². The molecule has 1 atom stereocenters. The van der Waals surface area contributed by atoms with Crippen LogP contribution < -0.4 is 21.1 Å². The summed E-state index contributed by atoms with van der Waals surface area (Å²) in [6, 6.07) is 8.58. The lowest BCUT2D eigenvalue weighted by molar-refractivity contribution is -0.260. The van der Waals surface area contributed by atoms with Gasteiger partial charge in [0, 0.05) is 20.1 Å². The minimum atomic E-state index is -5.26. The summed E-state index contributed by atoms with van der Waals surface area (Å²) in [6.07, 6.45) is -5.26. The molecule has 0 fully saturated rings. The Balaban J connectivity index is 1.80. The molecule has 1 aliphatic heterocycles. The molecular weight excluding hydrogens is 537 g/mol. The van der Waals surface area contributed by atoms with E-state index in [1.54, 1.807) is 0 Å². The highest BCUT2D eigenvalue weighted by molar-refractivity contribution is 6.34. The molecule has 1 heterocycles. The van der Waals surface area contributed by atoms with Crippen molar-refractivity contribution in [3.8, 4) is 0 Å². The summed E-state index contributed by atoms with van der Waals surface area (Å²) < 4.78 is 69.1. The fourth-order valence-corrected chi connectivity index (χ4v) is 3.98. The number of nitrogens with zero attached hydrogens (tertiary/aromatic N) is 2. The zero-order valence-electron chi connectivity index (χ0n) is 20.3. The van der Waals surface area contributed by atoms with Crippen LogP contribution in [0.1, 0.15) is 17.3 Å². The number of hydrogen-bond donors (Lipinski definition) is 4. The van der Waals surface area contributed by atoms with Crippen molar-refractivity contribution in [3.05, 3.63) is 76.1 Å². The third-order valence-electron chi connectivity index (χ3n) is 5.89. The van der Waals surface area contributed by atoms with Crippen LogP contribution in [0, 0.1) is 11.6 Å². The van der Waals surface area contributed by atoms with Gasteiger partial charge >= 0.3 is 6.18 Å². The molecule has 0 saturated heterocycles. The van der Waals surface area contributed by atoms with E-state index in [0.29, 0.717) is 10.6 Å². The first-order valence-corrected chi connectivity index (χ1v) is 11.7. The Kier molecular flexibility index (Phi) is 8.85. The number of carbonyl (C=O) groups excluding carboxylic acids is 2. The van der Waals surface area contributed by atoms with Gasteiger partial charge in [0.15, 0.2) is 5.60 Å². The molecule has 8 nitrogen and oxygen atoms in total. The topological polar surface area (TPSA) is 96.9 Å². The van der Waals surface area contributed by atoms with Crippen molar-refractivity contribution in [1.82, 2.24) is 21.0 Å². The lowest BCUT2D eigenvalue weighted by Crippen LogP contribution is -2.60. The first-order valence-electron chi connectivity index (χ1n) is 11.3. The van der Waals surface area contributed by atoms with Gasteiger partial charge in [-0.25, -0.2) is 14.2 Å². The lowest BCUT2D eigenvalue weighted by atomic mass is 10.0. The van der Waals surface area contributed by atoms with E-state index in [0.717, 1.165) is 12.1 Å². The number of alkyl halides is 3. The SMILES string of the molecule is CCN(CC(O)(CNC(=O)C1=C(NC)N(c2ccc(F)cc2)NC1)C(F)(F)F)C(=O)c1cccc(F)c1Cl. The van der Waals surface area contributed by atoms with Crippen LogP contribution in [0.5, 0.6) is 0 Å². The summed E-state index contributed by atoms with van der Waals surface area (Å²) in [5.41, 5.74) is -0.566. The normalized spacial score (nSPS) is 15.3. The molecule has 1 unspecified atom stereocenters. The van der Waals surface area contributed by atoms with Crippen LogP contribution in [0.25, 0.3) is 0 Å². The predicted molar refractivity (Wildman–Crippen MR) is 130 cm³/mol. The second kappa shape index (κ2) is 11.5. The first-order chi connectivity index (χ1) is 17.8. The van der Waals surface area contributed by atoms with Crippen LogP contribution in [0.3, 0.4) is 0 Å². The standard InChI is InChI=1S/C24H25ClF5N5O3/c1-3-34(22(37)16-5-4-6-18(27)19(16)25)13-23(38,24(28,29)30)12-32-21(36)17-11-33-35(20(17)31-2)15-9-7-14(26)8-10-15/h4-10,31,33,38H,3,11-13H2,1-2H3,(H,32,36). The van der Waals surface area contributed by atoms with Gasteiger partial charge in [-0.2, -0.15) is 13.2 Å². The summed E-state index contributed by atoms with van der Waals surface area (Å²) in [4.78, 5) is 26.3. The molecule has 1 aliphatic rings. The average Bonchev–Trinajstić information content (AvgIpc) is 3.31. The summed E-state index contributed by atoms with van der Waals surface area (Å²) in [7, 11) is 1.49. The van der Waals surface area contributed by atoms with E-state index in [2.05, 4.69) is 16.1 Å². The van der Waals surface area contributed by atoms with E-state index < -0.39 is 53.3 Å². The van der Waals surface area contributed by atoms with Gasteiger partial charge in [0.25, 0.3) is 11.8 Å². The Bertz CT molecular complexity index is 1220. The van der Waals surface area contributed by atoms with Crippen molar-refractivity contribution >= 4 is 29.1 Å². The molecule has 206 valence electrons. The number of halogens is 6. The number of benzene rings is 2. The number of likely N-dealkylation sites (N-methyl/N-ethyl adjacent to an activating group) is 1. The van der Waals surface area contributed by atoms with Crippen molar-refractivity contribution in [1.29, 1.82) is 0 Å². The van der Waals surface area contributed by atoms with E-state index in [1.165, 1.54) is 49.3 Å². The third-order valence-corrected chi connectivity index (χ3v) is 6.28. The molecule has 0 aliphatic carbocycles. The molecule has 38 heavy (non-hydrogen) atoms. The maximum absolute atomic E-state index is 14.0. The second-order valence-electron chi connectivity index (χ2n) is 8.36. The maximum Gasteiger partial charge on any atom is 0.420 e. The van der Waals surface area contributed by atoms with Gasteiger partial charge in [0.05, 0.1) is 34.9 Å². The van der Waals surface area contributed by atoms with Crippen molar-refractivity contribution < 1.29 is 36.6 Å². The van der Waals surface area contributed by atoms with Gasteiger partial charge in [0.1, 0.15) is 17.5 Å². The smallest absolute Gasteiger partial charge is 0.378 e. The first kappa shape index (κ1) is 29.1. The Hall–Kier alpha value is -3.42. The van der Waals surface area contributed by atoms with Crippen LogP contribution in [0.4, 0.5) is 27.6 Å². The molecule has 2 aromatic rings. The molecule has 0 bridgehead atoms. The number of amides is 2. The number of anilines is 1. The van der Waals surface area contributed by atoms with E-state index in [9.17, 15) is 36.6 Å². The van der Waals surface area contributed by atoms with Gasteiger partial charge in [-0.3, -0.25) is 14.6 Å². The minimum Gasteiger partial charge on any atom is -0.378 e. The summed E-state index contributed by atoms with van der Waals surface area (Å²) in [5.74, 6) is -3.15. The van der Waals surface area contributed by atoms with Crippen LogP contribution in [-0.2, 0) is 4.79 Å². The number of hydrogen-bond acceptors (Lipinski definition) is 6. The Labute approximate surface area is 220 Å². The van der Waals surface area contributed by atoms with Gasteiger partial charge in [-0.05, 0) is 43.3 Å². The zero-order chi connectivity index (χ0) is 28.3. The van der Waals surface area contributed by atoms with Gasteiger partial charge < -0.3 is 20.6 Å². The molecule has 2 amide bonds. The van der Waals surface area contributed by atoms with Crippen LogP contribution in [-0.4, -0.2) is 66.8 Å². The lowest BCUT2D eigenvalue weighted by Gasteiger charge is -2.35. The molecule has 0 radical (unpaired) electrons. The molecule has 2 aromatic carbocycles. The number of nitrogens with one attached hydrogen (secondary N) is 3. The van der Waals surface area contributed by atoms with E-state index in [-0.39, 0.29) is 30.0 Å². The Morgan fingerprint density at radius 1 is 1.16 bits per heavy atom. The van der Waals surface area contributed by atoms with Crippen molar-refractivity contribution in [2.75, 3.05) is 38.2 Å². The van der Waals surface area contributed by atoms with E-state index in [1.807, 2.05) is 0 Å². The molecule has 0 spiro atoms. The van der Waals surface area contributed by atoms with Crippen LogP contribution >= 0.6 is 11.6 Å². The molecule has 0 saturated carbocycles. The molecule has 4 N–H and O–H groups in total. The molecule has 14 heteroatoms. The highest BCUT2D eigenvalue weighted by atomic mass is 35.5. The quantitative estimate of drug-likeness (QED) is 0.352. The van der Waals surface area contributed by atoms with Crippen molar-refractivity contribution in [2.24, 2.45) is 0 Å². The molecule has 3 rings (SSSR count). The highest BCUT2D eigenvalue weighted by Gasteiger charge is 2.55. The molecule has 0 aromatic heterocycles. The second-order valence-corrected chi connectivity index (χ2v) is 8.73. The van der Waals surface area contributed by atoms with Gasteiger partial charge in [-0.1, -0.05) is 17.7 Å². The Morgan fingerprint density at radius 2 is 1.82 bits per heavy atom. The minimum absolute atomic E-state index is 0.0244. The fourth-order valence-electron chi connectivity index (χ4n) is 3.78. The highest BCUT2D eigenvalue weighted by Crippen LogP contribution is 2.32. The molecular formula is C24H25ClF5N5O3. The predicted octanol–water partition coefficient (Wildman–Crippen LogP) is 2.95. The number of aliphatic hydroxyl groups is 1. The van der Waals surface area contributed by atoms with Gasteiger partial charge in [-0.15, -0.1) is 0 Å². The van der Waals surface area contributed by atoms with E-state index >= 15 is 0 Å². The monoisotopic (exact) mass is 561 g/mol. The number of hydrazine groups is 1. The summed E-state index contributed by atoms with van der Waals surface area (Å²) in [5, 5.41) is 16.3. The maximum atomic E-state index is 14.0. The van der Waals surface area contributed by atoms with Crippen LogP contribution in [0.2, 0.25) is 5.02 Å². The summed E-state index contributed by atoms with van der Waals surface area (Å²) in [6.45, 7) is -1.52. The van der Waals surface area contributed by atoms with Crippen LogP contribution in [0.15, 0.2) is 53.9 Å². The number of carbonyl (C=O) groups is 2. The van der Waals surface area contributed by atoms with E-state index in [4.69, 9.17) is 11.6 Å². The number of rotatable bonds is 9.